The Kier molecular flexibility index (Phi) is 8.45. The zero-order chi connectivity index (χ0) is 28.0. The predicted octanol–water partition coefficient (Wildman–Crippen LogP) is 5.86. The minimum atomic E-state index is -4.76. The van der Waals surface area contributed by atoms with Crippen molar-refractivity contribution in [2.45, 2.75) is 20.2 Å². The number of hydrazone groups is 1. The van der Waals surface area contributed by atoms with Gasteiger partial charge in [-0.25, -0.2) is 15.0 Å². The number of halogens is 3. The summed E-state index contributed by atoms with van der Waals surface area (Å²) < 4.78 is 40.6. The summed E-state index contributed by atoms with van der Waals surface area (Å²) in [6.07, 6.45) is -1.99. The molecule has 1 aliphatic rings. The van der Waals surface area contributed by atoms with E-state index in [-0.39, 0.29) is 23.2 Å². The molecule has 3 aromatic rings. The zero-order valence-electron chi connectivity index (χ0n) is 20.9. The number of aryl methyl sites for hydroxylation is 2. The van der Waals surface area contributed by atoms with Crippen LogP contribution in [-0.4, -0.2) is 46.6 Å². The molecule has 1 heterocycles. The fourth-order valence-corrected chi connectivity index (χ4v) is 4.26. The Hall–Kier alpha value is -4.45. The van der Waals surface area contributed by atoms with E-state index in [0.717, 1.165) is 34.5 Å². The van der Waals surface area contributed by atoms with Crippen LogP contribution in [0.2, 0.25) is 0 Å². The van der Waals surface area contributed by atoms with Gasteiger partial charge in [-0.05, 0) is 54.8 Å². The number of benzene rings is 3. The van der Waals surface area contributed by atoms with Crippen LogP contribution in [0.3, 0.4) is 0 Å². The Morgan fingerprint density at radius 2 is 1.69 bits per heavy atom. The zero-order valence-corrected chi connectivity index (χ0v) is 21.7. The average molecular weight is 553 g/mol. The number of thioether (sulfide) groups is 1. The molecule has 4 rings (SSSR count). The van der Waals surface area contributed by atoms with Gasteiger partial charge in [-0.2, -0.15) is 10.1 Å². The molecule has 1 saturated heterocycles. The van der Waals surface area contributed by atoms with Crippen molar-refractivity contribution < 1.29 is 22.7 Å². The van der Waals surface area contributed by atoms with Crippen LogP contribution in [0.1, 0.15) is 22.3 Å². The molecular weight excluding hydrogens is 529 g/mol. The maximum Gasteiger partial charge on any atom is 0.573 e. The van der Waals surface area contributed by atoms with Crippen molar-refractivity contribution in [2.75, 3.05) is 5.75 Å². The van der Waals surface area contributed by atoms with E-state index in [9.17, 15) is 18.0 Å². The predicted molar refractivity (Wildman–Crippen MR) is 148 cm³/mol. The van der Waals surface area contributed by atoms with Gasteiger partial charge in [0.1, 0.15) is 17.9 Å². The maximum absolute atomic E-state index is 12.4. The lowest BCUT2D eigenvalue weighted by Gasteiger charge is -2.11. The van der Waals surface area contributed by atoms with Gasteiger partial charge in [-0.1, -0.05) is 54.2 Å². The number of carbonyl (C=O) groups excluding carboxylic acids is 1. The molecular formula is C27H23F3N6O2S. The first kappa shape index (κ1) is 27.6. The highest BCUT2D eigenvalue weighted by molar-refractivity contribution is 8.15. The lowest BCUT2D eigenvalue weighted by atomic mass is 10.1. The first-order chi connectivity index (χ1) is 18.6. The molecule has 0 spiro atoms. The van der Waals surface area contributed by atoms with Gasteiger partial charge in [-0.3, -0.25) is 4.79 Å². The van der Waals surface area contributed by atoms with Crippen molar-refractivity contribution in [1.29, 1.82) is 0 Å². The molecule has 0 aliphatic carbocycles. The molecule has 1 amide bonds. The second-order valence-electron chi connectivity index (χ2n) is 8.30. The van der Waals surface area contributed by atoms with Crippen molar-refractivity contribution in [3.8, 4) is 5.75 Å². The topological polar surface area (TPSA) is 105 Å². The molecule has 39 heavy (non-hydrogen) atoms. The second-order valence-corrected chi connectivity index (χ2v) is 9.24. The Morgan fingerprint density at radius 3 is 2.33 bits per heavy atom. The first-order valence-corrected chi connectivity index (χ1v) is 12.5. The number of amidine groups is 2. The minimum absolute atomic E-state index is 0.156. The number of hydrogen-bond acceptors (Lipinski definition) is 6. The van der Waals surface area contributed by atoms with E-state index in [4.69, 9.17) is 5.73 Å². The molecule has 1 fully saturated rings. The molecule has 200 valence electrons. The van der Waals surface area contributed by atoms with Gasteiger partial charge in [0.25, 0.3) is 5.91 Å². The van der Waals surface area contributed by atoms with Crippen LogP contribution >= 0.6 is 11.8 Å². The van der Waals surface area contributed by atoms with Crippen molar-refractivity contribution in [3.05, 3.63) is 89.0 Å². The Morgan fingerprint density at radius 1 is 1.03 bits per heavy atom. The summed E-state index contributed by atoms with van der Waals surface area (Å²) in [7, 11) is 0. The smallest absolute Gasteiger partial charge is 0.406 e. The highest BCUT2D eigenvalue weighted by atomic mass is 32.2. The molecule has 0 aromatic heterocycles. The standard InChI is InChI=1S/C27H23F3N6O2S/c1-17-4-3-5-18(2)24(17)35-26-36(23(37)15-39-26)34-14-19-6-8-20(9-7-19)25(31)33-16-32-21-10-12-22(13-11-21)38-27(28,29)30/h3-14,16H,15H2,1-2H3,(H2,31,32,33)/b34-14-,35-26?. The van der Waals surface area contributed by atoms with Crippen molar-refractivity contribution in [3.63, 3.8) is 0 Å². The van der Waals surface area contributed by atoms with E-state index >= 15 is 0 Å². The normalized spacial score (nSPS) is 15.7. The first-order valence-electron chi connectivity index (χ1n) is 11.6. The third kappa shape index (κ3) is 7.54. The molecule has 3 aromatic carbocycles. The third-order valence-corrected chi connectivity index (χ3v) is 6.31. The minimum Gasteiger partial charge on any atom is -0.406 e. The number of nitrogens with two attached hydrogens (primary N) is 1. The van der Waals surface area contributed by atoms with E-state index in [2.05, 4.69) is 24.8 Å². The Labute approximate surface area is 226 Å². The summed E-state index contributed by atoms with van der Waals surface area (Å²) in [6, 6.07) is 18.0. The monoisotopic (exact) mass is 552 g/mol. The quantitative estimate of drug-likeness (QED) is 0.293. The van der Waals surface area contributed by atoms with Gasteiger partial charge >= 0.3 is 6.36 Å². The van der Waals surface area contributed by atoms with E-state index in [1.54, 1.807) is 30.5 Å². The Balaban J connectivity index is 1.41. The SMILES string of the molecule is Cc1cccc(C)c1N=C1SCC(=O)N1/N=C\c1ccc(C(N)=NC=Nc2ccc(OC(F)(F)F)cc2)cc1. The van der Waals surface area contributed by atoms with Crippen LogP contribution in [0.25, 0.3) is 0 Å². The number of hydrogen-bond donors (Lipinski definition) is 1. The molecule has 8 nitrogen and oxygen atoms in total. The highest BCUT2D eigenvalue weighted by Gasteiger charge is 2.31. The van der Waals surface area contributed by atoms with E-state index in [1.165, 1.54) is 35.2 Å². The molecule has 2 N–H and O–H groups in total. The molecule has 12 heteroatoms. The Bertz CT molecular complexity index is 1450. The van der Waals surface area contributed by atoms with Gasteiger partial charge in [-0.15, -0.1) is 13.2 Å². The van der Waals surface area contributed by atoms with Gasteiger partial charge in [0.2, 0.25) is 0 Å². The van der Waals surface area contributed by atoms with Crippen molar-refractivity contribution >= 4 is 52.6 Å². The maximum atomic E-state index is 12.4. The summed E-state index contributed by atoms with van der Waals surface area (Å²) in [5.41, 5.74) is 10.6. The summed E-state index contributed by atoms with van der Waals surface area (Å²) in [5.74, 6) is -0.0460. The number of carbonyl (C=O) groups is 1. The number of ether oxygens (including phenoxy) is 1. The number of para-hydroxylation sites is 1. The fourth-order valence-electron chi connectivity index (χ4n) is 3.46. The van der Waals surface area contributed by atoms with E-state index < -0.39 is 6.36 Å². The lowest BCUT2D eigenvalue weighted by Crippen LogP contribution is -2.23. The summed E-state index contributed by atoms with van der Waals surface area (Å²) in [5, 5.41) is 6.17. The molecule has 1 aliphatic heterocycles. The summed E-state index contributed by atoms with van der Waals surface area (Å²) in [4.78, 5) is 25.2. The summed E-state index contributed by atoms with van der Waals surface area (Å²) in [6.45, 7) is 3.94. The molecule has 0 bridgehead atoms. The number of nitrogens with zero attached hydrogens (tertiary/aromatic N) is 5. The van der Waals surface area contributed by atoms with Crippen molar-refractivity contribution in [1.82, 2.24) is 5.01 Å². The van der Waals surface area contributed by atoms with Crippen LogP contribution in [0.5, 0.6) is 5.75 Å². The third-order valence-electron chi connectivity index (χ3n) is 5.39. The molecule has 0 atom stereocenters. The van der Waals surface area contributed by atoms with E-state index in [0.29, 0.717) is 16.4 Å². The number of alkyl halides is 3. The van der Waals surface area contributed by atoms with Gasteiger partial charge in [0.15, 0.2) is 5.17 Å². The number of amides is 1. The van der Waals surface area contributed by atoms with Crippen LogP contribution in [0.15, 0.2) is 86.8 Å². The van der Waals surface area contributed by atoms with E-state index in [1.807, 2.05) is 32.0 Å². The van der Waals surface area contributed by atoms with Gasteiger partial charge < -0.3 is 10.5 Å². The average Bonchev–Trinajstić information content (AvgIpc) is 3.24. The highest BCUT2D eigenvalue weighted by Crippen LogP contribution is 2.29. The largest absolute Gasteiger partial charge is 0.573 e. The fraction of sp³-hybridized carbons (Fsp3) is 0.148. The number of rotatable bonds is 7. The van der Waals surface area contributed by atoms with Crippen molar-refractivity contribution in [2.24, 2.45) is 25.8 Å². The summed E-state index contributed by atoms with van der Waals surface area (Å²) >= 11 is 1.34. The molecule has 0 saturated carbocycles. The van der Waals surface area contributed by atoms with Crippen LogP contribution < -0.4 is 10.5 Å². The van der Waals surface area contributed by atoms with Crippen LogP contribution in [-0.2, 0) is 4.79 Å². The molecule has 0 unspecified atom stereocenters. The van der Waals surface area contributed by atoms with Crippen LogP contribution in [0.4, 0.5) is 24.5 Å². The van der Waals surface area contributed by atoms with Gasteiger partial charge in [0.05, 0.1) is 23.3 Å². The second kappa shape index (κ2) is 11.9. The van der Waals surface area contributed by atoms with Crippen LogP contribution in [0, 0.1) is 13.8 Å². The number of aliphatic imine (C=N–C) groups is 3. The lowest BCUT2D eigenvalue weighted by molar-refractivity contribution is -0.274. The van der Waals surface area contributed by atoms with Gasteiger partial charge in [0, 0.05) is 5.56 Å². The molecule has 0 radical (unpaired) electrons.